The lowest BCUT2D eigenvalue weighted by atomic mass is 10.1. The standard InChI is InChI=1S/C20H26N4O2/c25-20(19-6-5-16-3-1-2-4-18(16)22-19)24(17-7-8-21-15-17)10-9-23-11-13-26-14-12-23/h1-6,17,21H,7-15H2. The molecule has 2 aliphatic rings. The van der Waals surface area contributed by atoms with Crippen LogP contribution in [0.3, 0.4) is 0 Å². The first-order valence-electron chi connectivity index (χ1n) is 9.49. The normalized spacial score (nSPS) is 21.2. The van der Waals surface area contributed by atoms with E-state index in [0.717, 1.165) is 69.8 Å². The van der Waals surface area contributed by atoms with Gasteiger partial charge in [0, 0.05) is 44.2 Å². The zero-order valence-corrected chi connectivity index (χ0v) is 15.1. The number of nitrogens with zero attached hydrogens (tertiary/aromatic N) is 3. The van der Waals surface area contributed by atoms with E-state index in [-0.39, 0.29) is 11.9 Å². The number of nitrogens with one attached hydrogen (secondary N) is 1. The van der Waals surface area contributed by atoms with E-state index in [1.807, 2.05) is 41.3 Å². The van der Waals surface area contributed by atoms with Crippen LogP contribution in [0.15, 0.2) is 36.4 Å². The largest absolute Gasteiger partial charge is 0.379 e. The minimum absolute atomic E-state index is 0.0395. The number of benzene rings is 1. The second-order valence-corrected chi connectivity index (χ2v) is 6.99. The minimum Gasteiger partial charge on any atom is -0.379 e. The van der Waals surface area contributed by atoms with E-state index < -0.39 is 0 Å². The minimum atomic E-state index is 0.0395. The lowest BCUT2D eigenvalue weighted by Gasteiger charge is -2.32. The van der Waals surface area contributed by atoms with E-state index in [0.29, 0.717) is 5.69 Å². The molecule has 26 heavy (non-hydrogen) atoms. The smallest absolute Gasteiger partial charge is 0.272 e. The number of rotatable bonds is 5. The molecule has 3 heterocycles. The number of para-hydroxylation sites is 1. The van der Waals surface area contributed by atoms with Crippen molar-refractivity contribution in [2.24, 2.45) is 0 Å². The van der Waals surface area contributed by atoms with Gasteiger partial charge in [-0.05, 0) is 25.1 Å². The van der Waals surface area contributed by atoms with Crippen molar-refractivity contribution in [3.05, 3.63) is 42.1 Å². The van der Waals surface area contributed by atoms with Gasteiger partial charge in [-0.1, -0.05) is 24.3 Å². The number of fused-ring (bicyclic) bond motifs is 1. The molecule has 1 unspecified atom stereocenters. The molecule has 138 valence electrons. The predicted octanol–water partition coefficient (Wildman–Crippen LogP) is 1.37. The maximum atomic E-state index is 13.2. The van der Waals surface area contributed by atoms with E-state index in [9.17, 15) is 4.79 Å². The zero-order chi connectivity index (χ0) is 17.8. The lowest BCUT2D eigenvalue weighted by molar-refractivity contribution is 0.0300. The number of hydrogen-bond donors (Lipinski definition) is 1. The summed E-state index contributed by atoms with van der Waals surface area (Å²) in [5.41, 5.74) is 1.41. The number of ether oxygens (including phenoxy) is 1. The Balaban J connectivity index is 1.52. The SMILES string of the molecule is O=C(c1ccc2ccccc2n1)N(CCN1CCOCC1)C1CCNC1. The van der Waals surface area contributed by atoms with Crippen molar-refractivity contribution in [3.8, 4) is 0 Å². The highest BCUT2D eigenvalue weighted by Crippen LogP contribution is 2.16. The number of pyridine rings is 1. The summed E-state index contributed by atoms with van der Waals surface area (Å²) in [7, 11) is 0. The highest BCUT2D eigenvalue weighted by atomic mass is 16.5. The highest BCUT2D eigenvalue weighted by Gasteiger charge is 2.28. The quantitative estimate of drug-likeness (QED) is 0.879. The van der Waals surface area contributed by atoms with Crippen LogP contribution in [-0.2, 0) is 4.74 Å². The van der Waals surface area contributed by atoms with Gasteiger partial charge in [-0.2, -0.15) is 0 Å². The fourth-order valence-electron chi connectivity index (χ4n) is 3.76. The van der Waals surface area contributed by atoms with Crippen LogP contribution >= 0.6 is 0 Å². The van der Waals surface area contributed by atoms with Gasteiger partial charge in [-0.25, -0.2) is 4.98 Å². The molecule has 0 radical (unpaired) electrons. The Hall–Kier alpha value is -2.02. The van der Waals surface area contributed by atoms with Crippen molar-refractivity contribution in [2.75, 3.05) is 52.5 Å². The molecule has 1 aromatic heterocycles. The third-order valence-electron chi connectivity index (χ3n) is 5.31. The van der Waals surface area contributed by atoms with Crippen LogP contribution in [0.2, 0.25) is 0 Å². The second-order valence-electron chi connectivity index (χ2n) is 6.99. The first-order valence-corrected chi connectivity index (χ1v) is 9.49. The Labute approximate surface area is 154 Å². The van der Waals surface area contributed by atoms with Crippen LogP contribution in [-0.4, -0.2) is 79.2 Å². The summed E-state index contributed by atoms with van der Waals surface area (Å²) in [5, 5.41) is 4.44. The third-order valence-corrected chi connectivity index (χ3v) is 5.31. The fourth-order valence-corrected chi connectivity index (χ4v) is 3.76. The molecule has 4 rings (SSSR count). The predicted molar refractivity (Wildman–Crippen MR) is 101 cm³/mol. The van der Waals surface area contributed by atoms with Crippen LogP contribution in [0.25, 0.3) is 10.9 Å². The van der Waals surface area contributed by atoms with Crippen LogP contribution in [0.5, 0.6) is 0 Å². The molecule has 0 spiro atoms. The molecule has 1 atom stereocenters. The third kappa shape index (κ3) is 3.87. The summed E-state index contributed by atoms with van der Waals surface area (Å²) in [6.45, 7) is 6.91. The van der Waals surface area contributed by atoms with Gasteiger partial charge in [0.25, 0.3) is 5.91 Å². The van der Waals surface area contributed by atoms with Crippen molar-refractivity contribution in [2.45, 2.75) is 12.5 Å². The van der Waals surface area contributed by atoms with Gasteiger partial charge in [-0.15, -0.1) is 0 Å². The average Bonchev–Trinajstić information content (AvgIpc) is 3.23. The topological polar surface area (TPSA) is 57.7 Å². The van der Waals surface area contributed by atoms with Crippen molar-refractivity contribution in [3.63, 3.8) is 0 Å². The van der Waals surface area contributed by atoms with Gasteiger partial charge in [0.15, 0.2) is 0 Å². The second kappa shape index (κ2) is 8.12. The molecule has 2 aliphatic heterocycles. The van der Waals surface area contributed by atoms with Crippen molar-refractivity contribution in [1.82, 2.24) is 20.1 Å². The molecule has 0 aliphatic carbocycles. The molecular formula is C20H26N4O2. The summed E-state index contributed by atoms with van der Waals surface area (Å²) >= 11 is 0. The first-order chi connectivity index (χ1) is 12.8. The van der Waals surface area contributed by atoms with Crippen molar-refractivity contribution >= 4 is 16.8 Å². The molecule has 2 saturated heterocycles. The number of carbonyl (C=O) groups is 1. The molecule has 6 heteroatoms. The Morgan fingerprint density at radius 2 is 2.08 bits per heavy atom. The monoisotopic (exact) mass is 354 g/mol. The molecule has 1 amide bonds. The Kier molecular flexibility index (Phi) is 5.43. The van der Waals surface area contributed by atoms with E-state index >= 15 is 0 Å². The Morgan fingerprint density at radius 3 is 2.88 bits per heavy atom. The van der Waals surface area contributed by atoms with Gasteiger partial charge >= 0.3 is 0 Å². The summed E-state index contributed by atoms with van der Waals surface area (Å²) < 4.78 is 5.42. The number of amides is 1. The summed E-state index contributed by atoms with van der Waals surface area (Å²) in [6, 6.07) is 12.0. The van der Waals surface area contributed by atoms with E-state index in [1.54, 1.807) is 0 Å². The van der Waals surface area contributed by atoms with Gasteiger partial charge in [-0.3, -0.25) is 9.69 Å². The molecule has 0 bridgehead atoms. The van der Waals surface area contributed by atoms with Gasteiger partial charge in [0.1, 0.15) is 5.69 Å². The van der Waals surface area contributed by atoms with Crippen LogP contribution in [0.1, 0.15) is 16.9 Å². The van der Waals surface area contributed by atoms with Crippen LogP contribution < -0.4 is 5.32 Å². The molecule has 6 nitrogen and oxygen atoms in total. The maximum absolute atomic E-state index is 13.2. The van der Waals surface area contributed by atoms with Crippen LogP contribution in [0.4, 0.5) is 0 Å². The number of hydrogen-bond acceptors (Lipinski definition) is 5. The van der Waals surface area contributed by atoms with Crippen LogP contribution in [0, 0.1) is 0 Å². The van der Waals surface area contributed by atoms with E-state index in [2.05, 4.69) is 15.2 Å². The lowest BCUT2D eigenvalue weighted by Crippen LogP contribution is -2.47. The molecule has 2 fully saturated rings. The zero-order valence-electron chi connectivity index (χ0n) is 15.1. The summed E-state index contributed by atoms with van der Waals surface area (Å²) in [5.74, 6) is 0.0395. The molecule has 2 aromatic rings. The first kappa shape index (κ1) is 17.4. The Morgan fingerprint density at radius 1 is 1.23 bits per heavy atom. The molecule has 1 N–H and O–H groups in total. The average molecular weight is 354 g/mol. The van der Waals surface area contributed by atoms with Gasteiger partial charge in [0.2, 0.25) is 0 Å². The van der Waals surface area contributed by atoms with Gasteiger partial charge < -0.3 is 15.0 Å². The summed E-state index contributed by atoms with van der Waals surface area (Å²) in [4.78, 5) is 22.3. The fraction of sp³-hybridized carbons (Fsp3) is 0.500. The molecule has 0 saturated carbocycles. The number of aromatic nitrogens is 1. The number of carbonyl (C=O) groups excluding carboxylic acids is 1. The molecule has 1 aromatic carbocycles. The maximum Gasteiger partial charge on any atom is 0.272 e. The van der Waals surface area contributed by atoms with Gasteiger partial charge in [0.05, 0.1) is 18.7 Å². The number of morpholine rings is 1. The molecular weight excluding hydrogens is 328 g/mol. The van der Waals surface area contributed by atoms with Crippen molar-refractivity contribution in [1.29, 1.82) is 0 Å². The van der Waals surface area contributed by atoms with E-state index in [1.165, 1.54) is 0 Å². The Bertz CT molecular complexity index is 754. The summed E-state index contributed by atoms with van der Waals surface area (Å²) in [6.07, 6.45) is 1.00. The highest BCUT2D eigenvalue weighted by molar-refractivity contribution is 5.95. The van der Waals surface area contributed by atoms with E-state index in [4.69, 9.17) is 4.74 Å². The van der Waals surface area contributed by atoms with Crippen molar-refractivity contribution < 1.29 is 9.53 Å².